The first-order chi connectivity index (χ1) is 6.22. The van der Waals surface area contributed by atoms with Gasteiger partial charge in [-0.05, 0) is 19.3 Å². The molecule has 0 bridgehead atoms. The second-order valence-corrected chi connectivity index (χ2v) is 4.53. The molecule has 1 unspecified atom stereocenters. The van der Waals surface area contributed by atoms with Gasteiger partial charge in [-0.3, -0.25) is 0 Å². The minimum atomic E-state index is -0.530. The van der Waals surface area contributed by atoms with Crippen molar-refractivity contribution >= 4 is 0 Å². The van der Waals surface area contributed by atoms with Gasteiger partial charge in [0, 0.05) is 18.6 Å². The predicted molar refractivity (Wildman–Crippen MR) is 50.3 cm³/mol. The second kappa shape index (κ2) is 3.23. The van der Waals surface area contributed by atoms with Gasteiger partial charge in [0.05, 0.1) is 12.2 Å². The van der Waals surface area contributed by atoms with Crippen molar-refractivity contribution in [1.29, 1.82) is 0 Å². The van der Waals surface area contributed by atoms with Crippen LogP contribution in [0.25, 0.3) is 0 Å². The molecule has 3 heteroatoms. The Morgan fingerprint density at radius 3 is 2.38 bits per heavy atom. The third-order valence-electron chi connectivity index (χ3n) is 3.91. The maximum absolute atomic E-state index is 10.5. The molecule has 1 saturated carbocycles. The van der Waals surface area contributed by atoms with Gasteiger partial charge in [-0.25, -0.2) is 0 Å². The van der Waals surface area contributed by atoms with Crippen LogP contribution in [0.2, 0.25) is 0 Å². The average Bonchev–Trinajstić information content (AvgIpc) is 2.73. The van der Waals surface area contributed by atoms with Gasteiger partial charge in [-0.15, -0.1) is 0 Å². The second-order valence-electron chi connectivity index (χ2n) is 4.53. The van der Waals surface area contributed by atoms with E-state index in [1.165, 1.54) is 0 Å². The van der Waals surface area contributed by atoms with Crippen molar-refractivity contribution in [2.45, 2.75) is 37.7 Å². The monoisotopic (exact) mass is 185 g/mol. The van der Waals surface area contributed by atoms with Gasteiger partial charge in [0.25, 0.3) is 0 Å². The fourth-order valence-corrected chi connectivity index (χ4v) is 2.82. The fraction of sp³-hybridized carbons (Fsp3) is 1.00. The Balaban J connectivity index is 2.18. The Morgan fingerprint density at radius 2 is 1.92 bits per heavy atom. The highest BCUT2D eigenvalue weighted by molar-refractivity contribution is 5.03. The van der Waals surface area contributed by atoms with Gasteiger partial charge in [0.15, 0.2) is 0 Å². The molecule has 2 aliphatic rings. The Kier molecular flexibility index (Phi) is 2.34. The van der Waals surface area contributed by atoms with Crippen molar-refractivity contribution in [2.75, 3.05) is 19.8 Å². The Labute approximate surface area is 79.3 Å². The van der Waals surface area contributed by atoms with E-state index in [1.807, 2.05) is 0 Å². The smallest absolute Gasteiger partial charge is 0.0738 e. The molecule has 1 heterocycles. The lowest BCUT2D eigenvalue weighted by Gasteiger charge is -2.40. The van der Waals surface area contributed by atoms with Gasteiger partial charge in [0.2, 0.25) is 0 Å². The molecule has 2 rings (SSSR count). The third-order valence-corrected chi connectivity index (χ3v) is 3.91. The normalized spacial score (nSPS) is 38.3. The zero-order valence-electron chi connectivity index (χ0n) is 8.09. The van der Waals surface area contributed by atoms with Crippen molar-refractivity contribution in [1.82, 2.24) is 0 Å². The van der Waals surface area contributed by atoms with Crippen LogP contribution in [0.15, 0.2) is 0 Å². The highest BCUT2D eigenvalue weighted by atomic mass is 16.5. The Bertz CT molecular complexity index is 181. The van der Waals surface area contributed by atoms with E-state index in [1.54, 1.807) is 0 Å². The van der Waals surface area contributed by atoms with E-state index < -0.39 is 5.60 Å². The van der Waals surface area contributed by atoms with E-state index in [0.717, 1.165) is 38.7 Å². The van der Waals surface area contributed by atoms with Crippen molar-refractivity contribution in [3.05, 3.63) is 0 Å². The Morgan fingerprint density at radius 1 is 1.23 bits per heavy atom. The van der Waals surface area contributed by atoms with Gasteiger partial charge in [0.1, 0.15) is 0 Å². The lowest BCUT2D eigenvalue weighted by atomic mass is 9.70. The summed E-state index contributed by atoms with van der Waals surface area (Å²) in [5.74, 6) is 0. The van der Waals surface area contributed by atoms with Crippen molar-refractivity contribution < 1.29 is 9.84 Å². The van der Waals surface area contributed by atoms with Crippen molar-refractivity contribution in [3.63, 3.8) is 0 Å². The summed E-state index contributed by atoms with van der Waals surface area (Å²) in [6, 6.07) is 0. The van der Waals surface area contributed by atoms with Crippen LogP contribution in [0.1, 0.15) is 32.1 Å². The minimum absolute atomic E-state index is 0.135. The quantitative estimate of drug-likeness (QED) is 0.664. The molecule has 2 fully saturated rings. The summed E-state index contributed by atoms with van der Waals surface area (Å²) < 4.78 is 5.39. The lowest BCUT2D eigenvalue weighted by molar-refractivity contribution is -0.0775. The van der Waals surface area contributed by atoms with Gasteiger partial charge >= 0.3 is 0 Å². The number of hydrogen-bond acceptors (Lipinski definition) is 3. The molecule has 0 radical (unpaired) electrons. The maximum Gasteiger partial charge on any atom is 0.0738 e. The number of rotatable bonds is 2. The van der Waals surface area contributed by atoms with Crippen LogP contribution in [0.4, 0.5) is 0 Å². The summed E-state index contributed by atoms with van der Waals surface area (Å²) in [4.78, 5) is 0. The molecular weight excluding hydrogens is 166 g/mol. The van der Waals surface area contributed by atoms with Crippen LogP contribution in [-0.4, -0.2) is 30.5 Å². The van der Waals surface area contributed by atoms with Crippen LogP contribution in [0, 0.1) is 5.41 Å². The van der Waals surface area contributed by atoms with Crippen LogP contribution in [0.3, 0.4) is 0 Å². The molecule has 0 spiro atoms. The molecule has 0 aromatic rings. The first kappa shape index (κ1) is 9.44. The number of nitrogens with two attached hydrogens (primary N) is 1. The summed E-state index contributed by atoms with van der Waals surface area (Å²) in [7, 11) is 0. The SMILES string of the molecule is NCC1(C2(O)CCCC2)CCOC1. The highest BCUT2D eigenvalue weighted by Crippen LogP contribution is 2.47. The van der Waals surface area contributed by atoms with Crippen molar-refractivity contribution in [2.24, 2.45) is 11.1 Å². The van der Waals surface area contributed by atoms with Crippen LogP contribution < -0.4 is 5.73 Å². The number of hydrogen-bond donors (Lipinski definition) is 2. The summed E-state index contributed by atoms with van der Waals surface area (Å²) >= 11 is 0. The highest BCUT2D eigenvalue weighted by Gasteiger charge is 2.52. The van der Waals surface area contributed by atoms with Gasteiger partial charge in [-0.2, -0.15) is 0 Å². The van der Waals surface area contributed by atoms with Crippen molar-refractivity contribution in [3.8, 4) is 0 Å². The summed E-state index contributed by atoms with van der Waals surface area (Å²) in [6.45, 7) is 1.98. The molecule has 0 amide bonds. The molecule has 1 atom stereocenters. The van der Waals surface area contributed by atoms with E-state index in [-0.39, 0.29) is 5.41 Å². The number of aliphatic hydroxyl groups is 1. The molecule has 13 heavy (non-hydrogen) atoms. The largest absolute Gasteiger partial charge is 0.389 e. The molecule has 76 valence electrons. The molecule has 3 nitrogen and oxygen atoms in total. The molecular formula is C10H19NO2. The summed E-state index contributed by atoms with van der Waals surface area (Å²) in [6.07, 6.45) is 5.03. The Hall–Kier alpha value is -0.120. The topological polar surface area (TPSA) is 55.5 Å². The molecule has 1 aliphatic carbocycles. The van der Waals surface area contributed by atoms with E-state index in [4.69, 9.17) is 10.5 Å². The van der Waals surface area contributed by atoms with E-state index in [9.17, 15) is 5.11 Å². The average molecular weight is 185 g/mol. The predicted octanol–water partition coefficient (Wildman–Crippen LogP) is 0.657. The zero-order chi connectivity index (χ0) is 9.36. The van der Waals surface area contributed by atoms with Gasteiger partial charge in [-0.1, -0.05) is 12.8 Å². The summed E-state index contributed by atoms with van der Waals surface area (Å²) in [5.41, 5.74) is 5.13. The number of ether oxygens (including phenoxy) is 1. The standard InChI is InChI=1S/C10H19NO2/c11-7-9(5-6-13-8-9)10(12)3-1-2-4-10/h12H,1-8,11H2. The molecule has 0 aromatic carbocycles. The van der Waals surface area contributed by atoms with Crippen LogP contribution in [0.5, 0.6) is 0 Å². The first-order valence-electron chi connectivity index (χ1n) is 5.23. The lowest BCUT2D eigenvalue weighted by Crippen LogP contribution is -2.51. The molecule has 3 N–H and O–H groups in total. The van der Waals surface area contributed by atoms with Crippen LogP contribution >= 0.6 is 0 Å². The molecule has 1 saturated heterocycles. The minimum Gasteiger partial charge on any atom is -0.389 e. The van der Waals surface area contributed by atoms with E-state index >= 15 is 0 Å². The zero-order valence-corrected chi connectivity index (χ0v) is 8.09. The van der Waals surface area contributed by atoms with Crippen LogP contribution in [-0.2, 0) is 4.74 Å². The van der Waals surface area contributed by atoms with E-state index in [2.05, 4.69) is 0 Å². The molecule has 1 aliphatic heterocycles. The maximum atomic E-state index is 10.5. The van der Waals surface area contributed by atoms with Gasteiger partial charge < -0.3 is 15.6 Å². The third kappa shape index (κ3) is 1.30. The molecule has 0 aromatic heterocycles. The summed E-state index contributed by atoms with van der Waals surface area (Å²) in [5, 5.41) is 10.5. The fourth-order valence-electron chi connectivity index (χ4n) is 2.82. The van der Waals surface area contributed by atoms with E-state index in [0.29, 0.717) is 13.2 Å². The first-order valence-corrected chi connectivity index (χ1v) is 5.23.